The van der Waals surface area contributed by atoms with E-state index in [0.29, 0.717) is 43.0 Å². The van der Waals surface area contributed by atoms with Gasteiger partial charge in [0.15, 0.2) is 12.6 Å². The smallest absolute Gasteiger partial charge is 0.414 e. The van der Waals surface area contributed by atoms with E-state index in [1.54, 1.807) is 93.8 Å². The van der Waals surface area contributed by atoms with Crippen LogP contribution in [-0.4, -0.2) is 205 Å². The number of carbonyl (C=O) groups is 2. The van der Waals surface area contributed by atoms with Crippen molar-refractivity contribution in [2.45, 2.75) is 191 Å². The third kappa shape index (κ3) is 13.8. The maximum Gasteiger partial charge on any atom is 0.414 e. The molecule has 4 fully saturated rings. The monoisotopic (exact) mass is 1060 g/mol. The first kappa shape index (κ1) is 58.5. The second kappa shape index (κ2) is 24.2. The Morgan fingerprint density at radius 1 is 0.947 bits per heavy atom. The van der Waals surface area contributed by atoms with E-state index in [9.17, 15) is 35.1 Å². The largest absolute Gasteiger partial charge is 0.459 e. The number of amides is 1. The van der Waals surface area contributed by atoms with Gasteiger partial charge in [-0.3, -0.25) is 9.69 Å². The summed E-state index contributed by atoms with van der Waals surface area (Å²) in [6, 6.07) is 7.74. The van der Waals surface area contributed by atoms with Crippen molar-refractivity contribution in [3.8, 4) is 5.69 Å². The second-order valence-electron chi connectivity index (χ2n) is 22.3. The van der Waals surface area contributed by atoms with Crippen molar-refractivity contribution >= 4 is 17.7 Å². The van der Waals surface area contributed by atoms with E-state index >= 15 is 4.39 Å². The molecule has 420 valence electrons. The number of nitrogens with zero attached hydrogens (tertiary/aromatic N) is 7. The third-order valence-corrected chi connectivity index (χ3v) is 15.9. The summed E-state index contributed by atoms with van der Waals surface area (Å²) in [6.07, 6.45) is -4.76. The van der Waals surface area contributed by atoms with Gasteiger partial charge in [-0.15, -0.1) is 5.10 Å². The molecule has 1 amide bonds. The number of cyclic esters (lactones) is 2. The van der Waals surface area contributed by atoms with Gasteiger partial charge in [0.1, 0.15) is 35.8 Å². The molecule has 6 heterocycles. The van der Waals surface area contributed by atoms with E-state index in [2.05, 4.69) is 10.3 Å². The lowest BCUT2D eigenvalue weighted by atomic mass is 9.83. The van der Waals surface area contributed by atoms with E-state index in [0.717, 1.165) is 0 Å². The Kier molecular flexibility index (Phi) is 18.9. The van der Waals surface area contributed by atoms with Gasteiger partial charge < -0.3 is 73.1 Å². The van der Waals surface area contributed by atoms with Gasteiger partial charge in [0.05, 0.1) is 77.8 Å². The first-order valence-corrected chi connectivity index (χ1v) is 26.4. The molecule has 4 aliphatic heterocycles. The van der Waals surface area contributed by atoms with Crippen LogP contribution < -0.4 is 4.90 Å². The summed E-state index contributed by atoms with van der Waals surface area (Å²) in [5.74, 6) is -2.45. The molecule has 3 aromatic rings. The highest BCUT2D eigenvalue weighted by molar-refractivity contribution is 5.89. The van der Waals surface area contributed by atoms with Crippen LogP contribution in [0, 0.1) is 17.7 Å². The number of aromatic nitrogens is 4. The zero-order valence-corrected chi connectivity index (χ0v) is 45.4. The number of likely N-dealkylation sites (N-methyl/N-ethyl adjacent to an activating group) is 2. The molecule has 4 saturated heterocycles. The van der Waals surface area contributed by atoms with Gasteiger partial charge in [0.25, 0.3) is 0 Å². The predicted octanol–water partition coefficient (Wildman–Crippen LogP) is 3.43. The number of aliphatic hydroxyl groups is 5. The van der Waals surface area contributed by atoms with E-state index in [4.69, 9.17) is 33.2 Å². The number of halogens is 1. The number of hydrogen-bond acceptors (Lipinski definition) is 18. The van der Waals surface area contributed by atoms with Crippen molar-refractivity contribution < 1.29 is 72.7 Å². The standard InChI is InChI=1S/C53H82FN7O14/c1-12-43-53(8,68)42(62)30-57(9)26-31(2)24-51(6,67)44(23-41(33(4)48(65)74-43)73-45-25-52(7,69-11)47(64)34(5)71-45)75-49-46(63)40(21-32(3)70-49)58(10)20-17-35-27-60(56-55-35)28-37-29-61(50(66)72-37)36-15-16-39(38(54)22-36)59-18-13-14-19-59/h13-16,18-19,22,27,31-34,37,40-47,49,62-64,67-68H,12,17,20-21,23-26,28-30H2,1-11H3/t31-,32-,33-,34+,37+,40+,41+,42-,43-,44-,45+,46-,47+,49+,51-,52-,53+/m1/s1. The third-order valence-electron chi connectivity index (χ3n) is 15.9. The molecule has 0 unspecified atom stereocenters. The Balaban J connectivity index is 1.05. The quantitative estimate of drug-likeness (QED) is 0.145. The molecule has 2 aromatic heterocycles. The minimum absolute atomic E-state index is 0.0518. The summed E-state index contributed by atoms with van der Waals surface area (Å²) in [5.41, 5.74) is -3.11. The Morgan fingerprint density at radius 3 is 2.35 bits per heavy atom. The molecule has 0 bridgehead atoms. The first-order valence-electron chi connectivity index (χ1n) is 26.4. The van der Waals surface area contributed by atoms with Crippen LogP contribution in [0.2, 0.25) is 0 Å². The Bertz CT molecular complexity index is 2340. The number of anilines is 1. The molecule has 1 aromatic carbocycles. The van der Waals surface area contributed by atoms with Gasteiger partial charge in [0, 0.05) is 70.6 Å². The molecule has 4 aliphatic rings. The van der Waals surface area contributed by atoms with Crippen LogP contribution in [0.1, 0.15) is 93.2 Å². The minimum Gasteiger partial charge on any atom is -0.459 e. The van der Waals surface area contributed by atoms with Crippen LogP contribution in [0.3, 0.4) is 0 Å². The number of methoxy groups -OCH3 is 1. The highest BCUT2D eigenvalue weighted by Gasteiger charge is 2.50. The molecule has 21 nitrogen and oxygen atoms in total. The van der Waals surface area contributed by atoms with Gasteiger partial charge >= 0.3 is 12.1 Å². The van der Waals surface area contributed by atoms with Crippen LogP contribution in [0.15, 0.2) is 48.9 Å². The van der Waals surface area contributed by atoms with Crippen LogP contribution in [0.25, 0.3) is 5.69 Å². The fourth-order valence-electron chi connectivity index (χ4n) is 11.2. The van der Waals surface area contributed by atoms with Gasteiger partial charge in [-0.2, -0.15) is 0 Å². The predicted molar refractivity (Wildman–Crippen MR) is 271 cm³/mol. The molecule has 22 heteroatoms. The Labute approximate surface area is 439 Å². The molecule has 0 saturated carbocycles. The lowest BCUT2D eigenvalue weighted by molar-refractivity contribution is -0.308. The maximum absolute atomic E-state index is 15.1. The van der Waals surface area contributed by atoms with Crippen molar-refractivity contribution in [3.63, 3.8) is 0 Å². The fourth-order valence-corrected chi connectivity index (χ4v) is 11.2. The zero-order chi connectivity index (χ0) is 54.7. The first-order chi connectivity index (χ1) is 35.3. The van der Waals surface area contributed by atoms with Gasteiger partial charge in [-0.25, -0.2) is 13.9 Å². The SMILES string of the molecule is CC[C@H]1OC(=O)[C@H](C)[C@@H](O[C@H]2C[C@@](C)(OC)[C@@H](O)[C@H](C)O2)C[C@@H](O[C@@H]2O[C@H](C)C[C@H](N(C)CCc3cn(C[C@H]4CN(c5ccc(-n6cccc6)c(F)c5)C(=O)O4)nn3)[C@H]2O)[C@](C)(O)C[C@@H](C)CN(C)C[C@@H](O)[C@]1(C)O. The van der Waals surface area contributed by atoms with E-state index < -0.39 is 114 Å². The number of carbonyl (C=O) groups excluding carboxylic acids is 2. The number of benzene rings is 1. The lowest BCUT2D eigenvalue weighted by Crippen LogP contribution is -2.59. The summed E-state index contributed by atoms with van der Waals surface area (Å²) in [5, 5.41) is 67.5. The number of aliphatic hydroxyl groups excluding tert-OH is 3. The molecule has 0 radical (unpaired) electrons. The second-order valence-corrected chi connectivity index (χ2v) is 22.3. The van der Waals surface area contributed by atoms with Crippen LogP contribution in [0.4, 0.5) is 14.9 Å². The van der Waals surface area contributed by atoms with Crippen LogP contribution in [0.5, 0.6) is 0 Å². The molecule has 17 atom stereocenters. The fraction of sp³-hybridized carbons (Fsp3) is 0.736. The minimum atomic E-state index is -1.82. The number of hydrogen-bond donors (Lipinski definition) is 5. The number of ether oxygens (including phenoxy) is 7. The molecular weight excluding hydrogens is 978 g/mol. The lowest BCUT2D eigenvalue weighted by Gasteiger charge is -2.47. The molecule has 5 N–H and O–H groups in total. The van der Waals surface area contributed by atoms with Crippen molar-refractivity contribution in [2.75, 3.05) is 52.3 Å². The molecular formula is C53H82FN7O14. The summed E-state index contributed by atoms with van der Waals surface area (Å²) in [6.45, 7) is 15.1. The maximum atomic E-state index is 15.1. The average Bonchev–Trinajstić information content (AvgIpc) is 4.13. The number of β-amino-alcohol motifs (C(OH)–C–C–N with tert-alkyl or cyclic N) is 1. The average molecular weight is 1060 g/mol. The van der Waals surface area contributed by atoms with Crippen molar-refractivity contribution in [3.05, 3.63) is 60.4 Å². The normalized spacial score (nSPS) is 38.0. The molecule has 0 aliphatic carbocycles. The van der Waals surface area contributed by atoms with Crippen LogP contribution in [-0.2, 0) is 50.9 Å². The van der Waals surface area contributed by atoms with Crippen molar-refractivity contribution in [2.24, 2.45) is 11.8 Å². The van der Waals surface area contributed by atoms with Crippen molar-refractivity contribution in [1.82, 2.24) is 29.4 Å². The number of esters is 1. The number of rotatable bonds is 14. The topological polar surface area (TPSA) is 245 Å². The summed E-state index contributed by atoms with van der Waals surface area (Å²) >= 11 is 0. The van der Waals surface area contributed by atoms with E-state index in [-0.39, 0.29) is 51.2 Å². The van der Waals surface area contributed by atoms with Gasteiger partial charge in [-0.1, -0.05) is 19.1 Å². The van der Waals surface area contributed by atoms with E-state index in [1.165, 1.54) is 25.0 Å². The summed E-state index contributed by atoms with van der Waals surface area (Å²) in [7, 11) is 5.18. The van der Waals surface area contributed by atoms with Crippen LogP contribution >= 0.6 is 0 Å². The highest BCUT2D eigenvalue weighted by Crippen LogP contribution is 2.38. The Hall–Kier alpha value is -4.17. The molecule has 0 spiro atoms. The highest BCUT2D eigenvalue weighted by atomic mass is 19.1. The summed E-state index contributed by atoms with van der Waals surface area (Å²) < 4.78 is 61.8. The van der Waals surface area contributed by atoms with E-state index in [1.807, 2.05) is 30.7 Å². The summed E-state index contributed by atoms with van der Waals surface area (Å²) in [4.78, 5) is 32.5. The molecule has 7 rings (SSSR count). The molecule has 75 heavy (non-hydrogen) atoms. The Morgan fingerprint density at radius 2 is 1.67 bits per heavy atom. The van der Waals surface area contributed by atoms with Gasteiger partial charge in [-0.05, 0) is 111 Å². The van der Waals surface area contributed by atoms with Gasteiger partial charge in [0.2, 0.25) is 0 Å². The zero-order valence-electron chi connectivity index (χ0n) is 45.4. The van der Waals surface area contributed by atoms with Crippen molar-refractivity contribution in [1.29, 1.82) is 0 Å².